The highest BCUT2D eigenvalue weighted by molar-refractivity contribution is 5.45. The molecule has 3 aliphatic rings. The van der Waals surface area contributed by atoms with Crippen molar-refractivity contribution in [2.75, 3.05) is 25.0 Å². The molecule has 2 aromatic heterocycles. The molecule has 2 aliphatic carbocycles. The van der Waals surface area contributed by atoms with E-state index in [1.54, 1.807) is 0 Å². The molecule has 2 fully saturated rings. The molecular weight excluding hydrogens is 312 g/mol. The zero-order valence-corrected chi connectivity index (χ0v) is 14.7. The highest BCUT2D eigenvalue weighted by atomic mass is 15.4. The minimum Gasteiger partial charge on any atom is -0.352 e. The first-order valence-corrected chi connectivity index (χ1v) is 9.38. The number of nitrogens with zero attached hydrogens (tertiary/aromatic N) is 6. The number of fused-ring (bicyclic) bond motifs is 1. The third-order valence-corrected chi connectivity index (χ3v) is 5.72. The predicted molar refractivity (Wildman–Crippen MR) is 95.5 cm³/mol. The molecule has 0 radical (unpaired) electrons. The van der Waals surface area contributed by atoms with E-state index in [4.69, 9.17) is 0 Å². The largest absolute Gasteiger partial charge is 0.352 e. The zero-order valence-electron chi connectivity index (χ0n) is 14.7. The van der Waals surface area contributed by atoms with Crippen LogP contribution in [0.5, 0.6) is 0 Å². The SMILES string of the molecule is CN(Cc1cnc(C2CC2)nc1)C1CN(c2cc3c(nn2)CCC3)C1. The molecule has 0 atom stereocenters. The van der Waals surface area contributed by atoms with Crippen molar-refractivity contribution in [3.05, 3.63) is 41.1 Å². The minimum atomic E-state index is 0.554. The molecule has 25 heavy (non-hydrogen) atoms. The van der Waals surface area contributed by atoms with Crippen LogP contribution in [-0.2, 0) is 19.4 Å². The molecule has 0 N–H and O–H groups in total. The Morgan fingerprint density at radius 3 is 2.68 bits per heavy atom. The summed E-state index contributed by atoms with van der Waals surface area (Å²) in [5, 5.41) is 8.83. The van der Waals surface area contributed by atoms with E-state index in [0.29, 0.717) is 12.0 Å². The monoisotopic (exact) mass is 336 g/mol. The fraction of sp³-hybridized carbons (Fsp3) is 0.579. The lowest BCUT2D eigenvalue weighted by molar-refractivity contribution is 0.196. The van der Waals surface area contributed by atoms with Crippen LogP contribution in [0.3, 0.4) is 0 Å². The summed E-state index contributed by atoms with van der Waals surface area (Å²) in [6.07, 6.45) is 9.98. The van der Waals surface area contributed by atoms with Gasteiger partial charge in [-0.15, -0.1) is 5.10 Å². The molecular formula is C19H24N6. The molecule has 3 heterocycles. The van der Waals surface area contributed by atoms with Gasteiger partial charge in [0.1, 0.15) is 5.82 Å². The van der Waals surface area contributed by atoms with Crippen molar-refractivity contribution in [3.8, 4) is 0 Å². The maximum Gasteiger partial charge on any atom is 0.151 e. The summed E-state index contributed by atoms with van der Waals surface area (Å²) in [5.41, 5.74) is 3.80. The molecule has 6 nitrogen and oxygen atoms in total. The number of aromatic nitrogens is 4. The average molecular weight is 336 g/mol. The number of aryl methyl sites for hydroxylation is 2. The van der Waals surface area contributed by atoms with E-state index >= 15 is 0 Å². The van der Waals surface area contributed by atoms with Crippen molar-refractivity contribution in [2.45, 2.75) is 50.6 Å². The van der Waals surface area contributed by atoms with Crippen LogP contribution in [0.25, 0.3) is 0 Å². The van der Waals surface area contributed by atoms with E-state index in [2.05, 4.69) is 43.1 Å². The van der Waals surface area contributed by atoms with Crippen LogP contribution < -0.4 is 4.90 Å². The van der Waals surface area contributed by atoms with E-state index in [1.807, 2.05) is 12.4 Å². The number of likely N-dealkylation sites (N-methyl/N-ethyl adjacent to an activating group) is 1. The molecule has 0 bridgehead atoms. The van der Waals surface area contributed by atoms with Gasteiger partial charge in [0.05, 0.1) is 5.69 Å². The van der Waals surface area contributed by atoms with Crippen LogP contribution in [0.4, 0.5) is 5.82 Å². The molecule has 0 amide bonds. The van der Waals surface area contributed by atoms with Crippen molar-refractivity contribution < 1.29 is 0 Å². The van der Waals surface area contributed by atoms with E-state index < -0.39 is 0 Å². The van der Waals surface area contributed by atoms with E-state index in [9.17, 15) is 0 Å². The number of hydrogen-bond donors (Lipinski definition) is 0. The third-order valence-electron chi connectivity index (χ3n) is 5.72. The molecule has 6 heteroatoms. The number of anilines is 1. The van der Waals surface area contributed by atoms with Gasteiger partial charge in [0.2, 0.25) is 0 Å². The van der Waals surface area contributed by atoms with Crippen LogP contribution in [0.2, 0.25) is 0 Å². The highest BCUT2D eigenvalue weighted by Crippen LogP contribution is 2.37. The Morgan fingerprint density at radius 2 is 1.92 bits per heavy atom. The lowest BCUT2D eigenvalue weighted by Crippen LogP contribution is -2.58. The van der Waals surface area contributed by atoms with Gasteiger partial charge >= 0.3 is 0 Å². The summed E-state index contributed by atoms with van der Waals surface area (Å²) in [6.45, 7) is 2.94. The van der Waals surface area contributed by atoms with Crippen molar-refractivity contribution in [1.82, 2.24) is 25.1 Å². The number of rotatable bonds is 5. The molecule has 5 rings (SSSR count). The standard InChI is InChI=1S/C19H24N6/c1-24(10-13-8-20-19(21-9-13)14-5-6-14)16-11-25(12-16)18-7-15-3-2-4-17(15)22-23-18/h7-9,14,16H,2-6,10-12H2,1H3. The lowest BCUT2D eigenvalue weighted by Gasteiger charge is -2.44. The van der Waals surface area contributed by atoms with Crippen LogP contribution in [0.1, 0.15) is 47.8 Å². The summed E-state index contributed by atoms with van der Waals surface area (Å²) < 4.78 is 0. The Labute approximate surface area is 148 Å². The third kappa shape index (κ3) is 2.99. The van der Waals surface area contributed by atoms with Crippen LogP contribution in [0, 0.1) is 0 Å². The van der Waals surface area contributed by atoms with E-state index in [1.165, 1.54) is 36.1 Å². The van der Waals surface area contributed by atoms with Gasteiger partial charge in [-0.2, -0.15) is 5.10 Å². The maximum absolute atomic E-state index is 4.53. The zero-order chi connectivity index (χ0) is 16.8. The summed E-state index contributed by atoms with van der Waals surface area (Å²) in [6, 6.07) is 2.80. The van der Waals surface area contributed by atoms with Crippen molar-refractivity contribution in [1.29, 1.82) is 0 Å². The average Bonchev–Trinajstić information content (AvgIpc) is 3.32. The Morgan fingerprint density at radius 1 is 1.12 bits per heavy atom. The van der Waals surface area contributed by atoms with Crippen molar-refractivity contribution in [2.24, 2.45) is 0 Å². The Balaban J connectivity index is 1.17. The fourth-order valence-corrected chi connectivity index (χ4v) is 3.81. The Kier molecular flexibility index (Phi) is 3.66. The number of hydrogen-bond acceptors (Lipinski definition) is 6. The van der Waals surface area contributed by atoms with Gasteiger partial charge in [-0.1, -0.05) is 0 Å². The molecule has 1 saturated heterocycles. The van der Waals surface area contributed by atoms with E-state index in [-0.39, 0.29) is 0 Å². The second kappa shape index (κ2) is 6.02. The second-order valence-corrected chi connectivity index (χ2v) is 7.73. The van der Waals surface area contributed by atoms with Gasteiger partial charge in [0.15, 0.2) is 5.82 Å². The van der Waals surface area contributed by atoms with Gasteiger partial charge < -0.3 is 4.90 Å². The Bertz CT molecular complexity index is 764. The second-order valence-electron chi connectivity index (χ2n) is 7.73. The first kappa shape index (κ1) is 15.2. The molecule has 0 aromatic carbocycles. The van der Waals surface area contributed by atoms with Crippen molar-refractivity contribution >= 4 is 5.82 Å². The van der Waals surface area contributed by atoms with Crippen LogP contribution >= 0.6 is 0 Å². The van der Waals surface area contributed by atoms with Gasteiger partial charge in [-0.25, -0.2) is 9.97 Å². The maximum atomic E-state index is 4.53. The normalized spacial score (nSPS) is 20.0. The van der Waals surface area contributed by atoms with Crippen LogP contribution in [0.15, 0.2) is 18.5 Å². The first-order chi connectivity index (χ1) is 12.3. The van der Waals surface area contributed by atoms with Gasteiger partial charge in [0, 0.05) is 49.6 Å². The van der Waals surface area contributed by atoms with Crippen LogP contribution in [-0.4, -0.2) is 51.2 Å². The molecule has 0 spiro atoms. The highest BCUT2D eigenvalue weighted by Gasteiger charge is 2.32. The molecule has 1 saturated carbocycles. The first-order valence-electron chi connectivity index (χ1n) is 9.38. The molecule has 1 aliphatic heterocycles. The topological polar surface area (TPSA) is 58.0 Å². The smallest absolute Gasteiger partial charge is 0.151 e. The molecule has 130 valence electrons. The van der Waals surface area contributed by atoms with Crippen molar-refractivity contribution in [3.63, 3.8) is 0 Å². The fourth-order valence-electron chi connectivity index (χ4n) is 3.81. The molecule has 2 aromatic rings. The molecule has 0 unspecified atom stereocenters. The predicted octanol–water partition coefficient (Wildman–Crippen LogP) is 1.95. The van der Waals surface area contributed by atoms with Gasteiger partial charge in [-0.3, -0.25) is 4.90 Å². The summed E-state index contributed by atoms with van der Waals surface area (Å²) in [7, 11) is 2.19. The van der Waals surface area contributed by atoms with E-state index in [0.717, 1.165) is 44.1 Å². The quantitative estimate of drug-likeness (QED) is 0.832. The lowest BCUT2D eigenvalue weighted by atomic mass is 10.1. The van der Waals surface area contributed by atoms with Gasteiger partial charge in [0.25, 0.3) is 0 Å². The summed E-state index contributed by atoms with van der Waals surface area (Å²) in [4.78, 5) is 13.8. The minimum absolute atomic E-state index is 0.554. The summed E-state index contributed by atoms with van der Waals surface area (Å²) in [5.74, 6) is 2.69. The Hall–Kier alpha value is -2.08. The van der Waals surface area contributed by atoms with Gasteiger partial charge in [-0.05, 0) is 50.8 Å². The summed E-state index contributed by atoms with van der Waals surface area (Å²) >= 11 is 0.